The molecule has 0 bridgehead atoms. The van der Waals surface area contributed by atoms with Gasteiger partial charge in [-0.05, 0) is 29.8 Å². The standard InChI is InChI=1S/C20H22N2O7/c1-14(22(27)28)11-12-29-21(19(24)16-5-3-2-4-6-16)18(20(25)26)13-15-7-9-17(23)10-8-15/h2-10,14,18,23H,11-13H2,1H3,(H,25,26)/t14?,18-/m0/s1. The van der Waals surface area contributed by atoms with Gasteiger partial charge in [-0.15, -0.1) is 0 Å². The monoisotopic (exact) mass is 402 g/mol. The number of rotatable bonds is 10. The number of benzene rings is 2. The molecular formula is C20H22N2O7. The number of carboxylic acid groups (broad SMARTS) is 1. The number of phenols is 1. The number of hydroxylamine groups is 2. The zero-order valence-corrected chi connectivity index (χ0v) is 15.8. The SMILES string of the molecule is CC(CCON(C(=O)c1ccccc1)[C@@H](Cc1ccc(O)cc1)C(=O)O)[N+](=O)[O-]. The maximum atomic E-state index is 12.9. The van der Waals surface area contributed by atoms with Gasteiger partial charge in [-0.1, -0.05) is 30.3 Å². The van der Waals surface area contributed by atoms with Gasteiger partial charge in [0.1, 0.15) is 5.75 Å². The third-order valence-electron chi connectivity index (χ3n) is 4.28. The molecule has 1 amide bonds. The van der Waals surface area contributed by atoms with Crippen molar-refractivity contribution in [3.8, 4) is 5.75 Å². The molecule has 2 rings (SSSR count). The van der Waals surface area contributed by atoms with Crippen LogP contribution in [0, 0.1) is 10.1 Å². The highest BCUT2D eigenvalue weighted by Gasteiger charge is 2.32. The smallest absolute Gasteiger partial charge is 0.329 e. The minimum absolute atomic E-state index is 0.0110. The van der Waals surface area contributed by atoms with E-state index in [1.54, 1.807) is 30.3 Å². The van der Waals surface area contributed by atoms with E-state index < -0.39 is 28.9 Å². The van der Waals surface area contributed by atoms with Gasteiger partial charge in [0.25, 0.3) is 5.91 Å². The number of nitrogens with zero attached hydrogens (tertiary/aromatic N) is 2. The molecule has 1 unspecified atom stereocenters. The van der Waals surface area contributed by atoms with Crippen molar-refractivity contribution in [3.63, 3.8) is 0 Å². The second-order valence-electron chi connectivity index (χ2n) is 6.48. The molecule has 0 heterocycles. The Morgan fingerprint density at radius 3 is 2.31 bits per heavy atom. The Bertz CT molecular complexity index is 840. The van der Waals surface area contributed by atoms with Crippen LogP contribution in [0.4, 0.5) is 0 Å². The van der Waals surface area contributed by atoms with E-state index in [2.05, 4.69) is 0 Å². The first-order chi connectivity index (χ1) is 13.8. The predicted octanol–water partition coefficient (Wildman–Crippen LogP) is 2.52. The summed E-state index contributed by atoms with van der Waals surface area (Å²) in [5.41, 5.74) is 0.801. The van der Waals surface area contributed by atoms with Crippen molar-refractivity contribution in [1.29, 1.82) is 0 Å². The van der Waals surface area contributed by atoms with Crippen molar-refractivity contribution in [2.24, 2.45) is 0 Å². The van der Waals surface area contributed by atoms with E-state index in [4.69, 9.17) is 4.84 Å². The molecule has 0 spiro atoms. The average Bonchev–Trinajstić information content (AvgIpc) is 2.71. The molecule has 0 fully saturated rings. The number of carbonyl (C=O) groups excluding carboxylic acids is 1. The van der Waals surface area contributed by atoms with E-state index in [1.165, 1.54) is 31.2 Å². The summed E-state index contributed by atoms with van der Waals surface area (Å²) in [7, 11) is 0. The zero-order chi connectivity index (χ0) is 21.4. The number of phenolic OH excluding ortho intramolecular Hbond substituents is 1. The van der Waals surface area contributed by atoms with Crippen LogP contribution in [-0.4, -0.2) is 50.8 Å². The van der Waals surface area contributed by atoms with Crippen LogP contribution in [0.5, 0.6) is 5.75 Å². The van der Waals surface area contributed by atoms with E-state index in [0.717, 1.165) is 5.06 Å². The summed E-state index contributed by atoms with van der Waals surface area (Å²) in [5.74, 6) is -1.92. The summed E-state index contributed by atoms with van der Waals surface area (Å²) in [4.78, 5) is 40.6. The first-order valence-corrected chi connectivity index (χ1v) is 8.95. The maximum Gasteiger partial charge on any atom is 0.329 e. The summed E-state index contributed by atoms with van der Waals surface area (Å²) in [6.45, 7) is 1.21. The van der Waals surface area contributed by atoms with Crippen LogP contribution in [0.2, 0.25) is 0 Å². The number of carboxylic acids is 1. The van der Waals surface area contributed by atoms with Gasteiger partial charge in [-0.3, -0.25) is 19.7 Å². The minimum atomic E-state index is -1.36. The third-order valence-corrected chi connectivity index (χ3v) is 4.28. The lowest BCUT2D eigenvalue weighted by molar-refractivity contribution is -0.519. The fraction of sp³-hybridized carbons (Fsp3) is 0.300. The second-order valence-corrected chi connectivity index (χ2v) is 6.48. The Morgan fingerprint density at radius 1 is 1.14 bits per heavy atom. The van der Waals surface area contributed by atoms with E-state index in [-0.39, 0.29) is 30.8 Å². The molecule has 9 heteroatoms. The van der Waals surface area contributed by atoms with Crippen molar-refractivity contribution >= 4 is 11.9 Å². The quantitative estimate of drug-likeness (QED) is 0.461. The number of aromatic hydroxyl groups is 1. The molecule has 0 aliphatic heterocycles. The van der Waals surface area contributed by atoms with Gasteiger partial charge >= 0.3 is 5.97 Å². The molecule has 2 aromatic carbocycles. The fourth-order valence-corrected chi connectivity index (χ4v) is 2.55. The lowest BCUT2D eigenvalue weighted by atomic mass is 10.0. The molecule has 2 aromatic rings. The molecule has 0 aliphatic carbocycles. The van der Waals surface area contributed by atoms with Gasteiger partial charge in [0.2, 0.25) is 6.04 Å². The van der Waals surface area contributed by atoms with E-state index in [9.17, 15) is 29.9 Å². The fourth-order valence-electron chi connectivity index (χ4n) is 2.55. The number of carbonyl (C=O) groups is 2. The molecule has 9 nitrogen and oxygen atoms in total. The topological polar surface area (TPSA) is 130 Å². The summed E-state index contributed by atoms with van der Waals surface area (Å²) in [6.07, 6.45) is -0.0594. The Kier molecular flexibility index (Phi) is 7.67. The van der Waals surface area contributed by atoms with E-state index in [0.29, 0.717) is 5.56 Å². The van der Waals surface area contributed by atoms with Gasteiger partial charge in [0.05, 0.1) is 6.61 Å². The van der Waals surface area contributed by atoms with Crippen molar-refractivity contribution in [3.05, 3.63) is 75.8 Å². The largest absolute Gasteiger partial charge is 0.508 e. The van der Waals surface area contributed by atoms with Crippen molar-refractivity contribution in [2.45, 2.75) is 31.8 Å². The van der Waals surface area contributed by atoms with Crippen molar-refractivity contribution < 1.29 is 29.6 Å². The first-order valence-electron chi connectivity index (χ1n) is 8.95. The number of nitro groups is 1. The summed E-state index contributed by atoms with van der Waals surface area (Å²) < 4.78 is 0. The average molecular weight is 402 g/mol. The molecule has 154 valence electrons. The normalized spacial score (nSPS) is 12.7. The minimum Gasteiger partial charge on any atom is -0.508 e. The summed E-state index contributed by atoms with van der Waals surface area (Å²) in [6, 6.07) is 11.7. The van der Waals surface area contributed by atoms with Gasteiger partial charge in [-0.2, -0.15) is 0 Å². The number of hydrogen-bond acceptors (Lipinski definition) is 6. The maximum absolute atomic E-state index is 12.9. The predicted molar refractivity (Wildman–Crippen MR) is 103 cm³/mol. The third kappa shape index (κ3) is 6.28. The van der Waals surface area contributed by atoms with Crippen LogP contribution >= 0.6 is 0 Å². The summed E-state index contributed by atoms with van der Waals surface area (Å²) >= 11 is 0. The molecule has 2 atom stereocenters. The molecule has 0 saturated heterocycles. The number of aliphatic carboxylic acids is 1. The van der Waals surface area contributed by atoms with Crippen LogP contribution in [0.25, 0.3) is 0 Å². The molecule has 0 radical (unpaired) electrons. The second kappa shape index (κ2) is 10.2. The lowest BCUT2D eigenvalue weighted by Crippen LogP contribution is -2.46. The highest BCUT2D eigenvalue weighted by atomic mass is 16.7. The Labute approximate surface area is 167 Å². The zero-order valence-electron chi connectivity index (χ0n) is 15.8. The highest BCUT2D eigenvalue weighted by Crippen LogP contribution is 2.17. The molecule has 0 aromatic heterocycles. The highest BCUT2D eigenvalue weighted by molar-refractivity contribution is 5.95. The Hall–Kier alpha value is -3.46. The lowest BCUT2D eigenvalue weighted by Gasteiger charge is -2.28. The molecule has 2 N–H and O–H groups in total. The van der Waals surface area contributed by atoms with Crippen LogP contribution in [0.1, 0.15) is 29.3 Å². The first kappa shape index (κ1) is 21.8. The van der Waals surface area contributed by atoms with Gasteiger partial charge in [-0.25, -0.2) is 9.86 Å². The van der Waals surface area contributed by atoms with E-state index in [1.807, 2.05) is 0 Å². The number of hydrogen-bond donors (Lipinski definition) is 2. The van der Waals surface area contributed by atoms with Gasteiger partial charge in [0, 0.05) is 30.3 Å². The molecule has 0 saturated carbocycles. The summed E-state index contributed by atoms with van der Waals surface area (Å²) in [5, 5.41) is 30.7. The Balaban J connectivity index is 2.26. The Morgan fingerprint density at radius 2 is 1.76 bits per heavy atom. The van der Waals surface area contributed by atoms with Crippen molar-refractivity contribution in [2.75, 3.05) is 6.61 Å². The van der Waals surface area contributed by atoms with Crippen LogP contribution in [-0.2, 0) is 16.1 Å². The van der Waals surface area contributed by atoms with Crippen molar-refractivity contribution in [1.82, 2.24) is 5.06 Å². The molecule has 29 heavy (non-hydrogen) atoms. The number of amides is 1. The van der Waals surface area contributed by atoms with Gasteiger partial charge < -0.3 is 10.2 Å². The molecule has 0 aliphatic rings. The van der Waals surface area contributed by atoms with E-state index >= 15 is 0 Å². The molecular weight excluding hydrogens is 380 g/mol. The van der Waals surface area contributed by atoms with Crippen LogP contribution in [0.3, 0.4) is 0 Å². The van der Waals surface area contributed by atoms with Crippen LogP contribution in [0.15, 0.2) is 54.6 Å². The van der Waals surface area contributed by atoms with Gasteiger partial charge in [0.15, 0.2) is 6.04 Å². The van der Waals surface area contributed by atoms with Crippen LogP contribution < -0.4 is 0 Å².